The lowest BCUT2D eigenvalue weighted by molar-refractivity contribution is -0.144. The minimum absolute atomic E-state index is 0. The van der Waals surface area contributed by atoms with Crippen LogP contribution in [0.5, 0.6) is 0 Å². The number of aryl methyl sites for hydroxylation is 2. The first-order chi connectivity index (χ1) is 26.1. The number of likely N-dealkylation sites (tertiary alicyclic amines) is 1. The molecular formula is C42H59ClN6O6S. The van der Waals surface area contributed by atoms with Gasteiger partial charge in [-0.15, -0.1) is 23.7 Å². The normalized spacial score (nSPS) is 19.0. The standard InChI is InChI=1S/C42H58N6O6S.ClH/c1-26-37(55-25-45-26)30-14-16-31(17-15-30)42(20-21-42)47-39(52)34-22-32(49)23-48(34)40(53)38(41(3,4)5)46-36(51)9-7-6-8-28-10-12-29(13-11-28)24-54-27(2)33(43)18-19-35(44)50;/h10-17,25,27,32-34,38,49H,6-9,18-24,43H2,1-5H3,(H2,44,50)(H,46,51)(H,47,52);1H/t27-,32-,33+,34+,38-;/m1./s1. The second-order valence-electron chi connectivity index (χ2n) is 16.4. The van der Waals surface area contributed by atoms with Crippen molar-refractivity contribution in [2.45, 2.75) is 135 Å². The molecule has 4 amide bonds. The molecule has 0 spiro atoms. The van der Waals surface area contributed by atoms with Crippen LogP contribution < -0.4 is 22.1 Å². The van der Waals surface area contributed by atoms with Crippen LogP contribution in [0.15, 0.2) is 54.0 Å². The highest BCUT2D eigenvalue weighted by atomic mass is 35.5. The zero-order valence-electron chi connectivity index (χ0n) is 33.2. The second kappa shape index (κ2) is 19.5. The molecule has 3 aromatic rings. The van der Waals surface area contributed by atoms with Crippen LogP contribution in [0.3, 0.4) is 0 Å². The number of amides is 4. The fraction of sp³-hybridized carbons (Fsp3) is 0.548. The summed E-state index contributed by atoms with van der Waals surface area (Å²) in [6.45, 7) is 9.99. The third-order valence-corrected chi connectivity index (χ3v) is 11.8. The van der Waals surface area contributed by atoms with E-state index in [0.29, 0.717) is 19.4 Å². The molecule has 0 radical (unpaired) electrons. The molecule has 1 aliphatic heterocycles. The molecule has 2 fully saturated rings. The first-order valence-corrected chi connectivity index (χ1v) is 20.3. The van der Waals surface area contributed by atoms with Crippen LogP contribution >= 0.6 is 23.7 Å². The van der Waals surface area contributed by atoms with E-state index in [1.807, 2.05) is 76.5 Å². The van der Waals surface area contributed by atoms with Gasteiger partial charge >= 0.3 is 0 Å². The highest BCUT2D eigenvalue weighted by molar-refractivity contribution is 7.13. The molecule has 1 saturated heterocycles. The Hall–Kier alpha value is -3.88. The lowest BCUT2D eigenvalue weighted by atomic mass is 9.85. The van der Waals surface area contributed by atoms with Gasteiger partial charge in [-0.25, -0.2) is 4.98 Å². The molecule has 5 rings (SSSR count). The third kappa shape index (κ3) is 11.8. The molecule has 7 N–H and O–H groups in total. The second-order valence-corrected chi connectivity index (χ2v) is 17.2. The van der Waals surface area contributed by atoms with Crippen LogP contribution in [0, 0.1) is 12.3 Å². The smallest absolute Gasteiger partial charge is 0.246 e. The van der Waals surface area contributed by atoms with Crippen LogP contribution in [0.4, 0.5) is 0 Å². The van der Waals surface area contributed by atoms with E-state index in [2.05, 4.69) is 27.8 Å². The molecule has 1 aliphatic carbocycles. The Balaban J connectivity index is 0.00000696. The van der Waals surface area contributed by atoms with Gasteiger partial charge in [0.05, 0.1) is 40.4 Å². The van der Waals surface area contributed by atoms with Gasteiger partial charge in [0.2, 0.25) is 23.6 Å². The molecule has 14 heteroatoms. The molecule has 0 bridgehead atoms. The first kappa shape index (κ1) is 44.8. The van der Waals surface area contributed by atoms with Crippen LogP contribution in [0.1, 0.15) is 101 Å². The maximum absolute atomic E-state index is 14.1. The van der Waals surface area contributed by atoms with Gasteiger partial charge in [0.1, 0.15) is 12.1 Å². The summed E-state index contributed by atoms with van der Waals surface area (Å²) in [6, 6.07) is 14.3. The predicted octanol–water partition coefficient (Wildman–Crippen LogP) is 5.05. The predicted molar refractivity (Wildman–Crippen MR) is 221 cm³/mol. The molecule has 306 valence electrons. The molecule has 1 aromatic heterocycles. The van der Waals surface area contributed by atoms with Crippen molar-refractivity contribution in [1.82, 2.24) is 20.5 Å². The van der Waals surface area contributed by atoms with Gasteiger partial charge in [-0.2, -0.15) is 0 Å². The molecule has 2 heterocycles. The zero-order valence-corrected chi connectivity index (χ0v) is 34.8. The van der Waals surface area contributed by atoms with Gasteiger partial charge in [0.15, 0.2) is 0 Å². The average Bonchev–Trinajstić information content (AvgIpc) is 3.61. The highest BCUT2D eigenvalue weighted by Crippen LogP contribution is 2.46. The van der Waals surface area contributed by atoms with E-state index in [1.54, 1.807) is 11.3 Å². The largest absolute Gasteiger partial charge is 0.391 e. The van der Waals surface area contributed by atoms with Gasteiger partial charge in [0.25, 0.3) is 0 Å². The number of ether oxygens (including phenoxy) is 1. The number of rotatable bonds is 18. The minimum Gasteiger partial charge on any atom is -0.391 e. The summed E-state index contributed by atoms with van der Waals surface area (Å²) in [4.78, 5) is 59.1. The Morgan fingerprint density at radius 3 is 2.29 bits per heavy atom. The third-order valence-electron chi connectivity index (χ3n) is 10.8. The first-order valence-electron chi connectivity index (χ1n) is 19.4. The van der Waals surface area contributed by atoms with E-state index >= 15 is 0 Å². The molecule has 12 nitrogen and oxygen atoms in total. The lowest BCUT2D eigenvalue weighted by Gasteiger charge is -2.35. The monoisotopic (exact) mass is 810 g/mol. The van der Waals surface area contributed by atoms with E-state index in [9.17, 15) is 24.3 Å². The van der Waals surface area contributed by atoms with Crippen molar-refractivity contribution < 1.29 is 29.0 Å². The number of aliphatic hydroxyl groups is 1. The van der Waals surface area contributed by atoms with Crippen LogP contribution in [0.2, 0.25) is 0 Å². The van der Waals surface area contributed by atoms with Crippen molar-refractivity contribution in [3.8, 4) is 10.4 Å². The number of aromatic nitrogens is 1. The minimum atomic E-state index is -0.867. The number of hydrogen-bond donors (Lipinski definition) is 5. The van der Waals surface area contributed by atoms with Crippen molar-refractivity contribution in [2.24, 2.45) is 16.9 Å². The van der Waals surface area contributed by atoms with Gasteiger partial charge in [0, 0.05) is 31.8 Å². The Morgan fingerprint density at radius 2 is 1.70 bits per heavy atom. The SMILES string of the molecule is Cc1ncsc1-c1ccc(C2(NC(=O)[C@@H]3C[C@@H](O)CN3C(=O)[C@@H](NC(=O)CCCCc3ccc(CO[C@H](C)[C@@H](N)CCC(N)=O)cc3)C(C)(C)C)CC2)cc1.Cl. The number of β-amino-alcohol motifs (C(OH)–C–C–N with tert-alkyl or cyclic N) is 1. The lowest BCUT2D eigenvalue weighted by Crippen LogP contribution is -2.58. The molecule has 2 aromatic carbocycles. The summed E-state index contributed by atoms with van der Waals surface area (Å²) < 4.78 is 5.89. The number of benzene rings is 2. The van der Waals surface area contributed by atoms with Crippen molar-refractivity contribution in [3.05, 3.63) is 76.4 Å². The zero-order chi connectivity index (χ0) is 39.9. The number of nitrogens with two attached hydrogens (primary N) is 2. The van der Waals surface area contributed by atoms with E-state index in [-0.39, 0.29) is 74.0 Å². The molecule has 56 heavy (non-hydrogen) atoms. The van der Waals surface area contributed by atoms with E-state index in [0.717, 1.165) is 58.5 Å². The molecule has 2 aliphatic rings. The van der Waals surface area contributed by atoms with Crippen LogP contribution in [-0.2, 0) is 42.5 Å². The number of unbranched alkanes of at least 4 members (excludes halogenated alkanes) is 1. The maximum atomic E-state index is 14.1. The van der Waals surface area contributed by atoms with Gasteiger partial charge in [-0.3, -0.25) is 19.2 Å². The summed E-state index contributed by atoms with van der Waals surface area (Å²) >= 11 is 1.60. The number of aliphatic hydroxyl groups excluding tert-OH is 1. The fourth-order valence-corrected chi connectivity index (χ4v) is 7.93. The number of thiazole rings is 1. The van der Waals surface area contributed by atoms with Crippen molar-refractivity contribution >= 4 is 47.4 Å². The summed E-state index contributed by atoms with van der Waals surface area (Å²) in [6.07, 6.45) is 3.88. The number of carbonyl (C=O) groups is 4. The quantitative estimate of drug-likeness (QED) is 0.110. The van der Waals surface area contributed by atoms with Crippen LogP contribution in [-0.4, -0.2) is 75.5 Å². The Kier molecular flexibility index (Phi) is 15.6. The number of halogens is 1. The Morgan fingerprint density at radius 1 is 1.04 bits per heavy atom. The summed E-state index contributed by atoms with van der Waals surface area (Å²) in [5.74, 6) is -1.25. The fourth-order valence-electron chi connectivity index (χ4n) is 7.11. The summed E-state index contributed by atoms with van der Waals surface area (Å²) in [7, 11) is 0. The maximum Gasteiger partial charge on any atom is 0.246 e. The van der Waals surface area contributed by atoms with E-state index < -0.39 is 29.1 Å². The van der Waals surface area contributed by atoms with Crippen molar-refractivity contribution in [3.63, 3.8) is 0 Å². The van der Waals surface area contributed by atoms with E-state index in [1.165, 1.54) is 4.90 Å². The van der Waals surface area contributed by atoms with E-state index in [4.69, 9.17) is 16.2 Å². The molecule has 5 atom stereocenters. The highest BCUT2D eigenvalue weighted by Gasteiger charge is 2.50. The number of carbonyl (C=O) groups excluding carboxylic acids is 4. The molecular weight excluding hydrogens is 752 g/mol. The van der Waals surface area contributed by atoms with Gasteiger partial charge < -0.3 is 36.8 Å². The number of nitrogens with zero attached hydrogens (tertiary/aromatic N) is 2. The summed E-state index contributed by atoms with van der Waals surface area (Å²) in [5, 5.41) is 16.9. The number of nitrogens with one attached hydrogen (secondary N) is 2. The Bertz CT molecular complexity index is 1790. The molecule has 1 saturated carbocycles. The van der Waals surface area contributed by atoms with Gasteiger partial charge in [-0.1, -0.05) is 69.3 Å². The average molecular weight is 811 g/mol. The van der Waals surface area contributed by atoms with Crippen molar-refractivity contribution in [1.29, 1.82) is 0 Å². The Labute approximate surface area is 340 Å². The number of hydrogen-bond acceptors (Lipinski definition) is 9. The van der Waals surface area contributed by atoms with Gasteiger partial charge in [-0.05, 0) is 80.0 Å². The van der Waals surface area contributed by atoms with Crippen LogP contribution in [0.25, 0.3) is 10.4 Å². The number of primary amides is 1. The molecule has 0 unspecified atom stereocenters. The topological polar surface area (TPSA) is 190 Å². The van der Waals surface area contributed by atoms with Crippen molar-refractivity contribution in [2.75, 3.05) is 6.54 Å². The summed E-state index contributed by atoms with van der Waals surface area (Å²) in [5.41, 5.74) is 17.3.